The summed E-state index contributed by atoms with van der Waals surface area (Å²) in [6.07, 6.45) is 10.5. The standard InChI is InChI=1S/C16H16.C2H6/c1-3-14-9-7-8-12-16(14)13(2)15-10-5-4-6-11-15;1-2/h3-5,7-10,12H,1-2,6,11H2;1-2H3. The molecule has 0 amide bonds. The lowest BCUT2D eigenvalue weighted by Gasteiger charge is -2.14. The van der Waals surface area contributed by atoms with Gasteiger partial charge in [0, 0.05) is 0 Å². The van der Waals surface area contributed by atoms with Crippen LogP contribution in [0.4, 0.5) is 0 Å². The van der Waals surface area contributed by atoms with Crippen molar-refractivity contribution < 1.29 is 0 Å². The van der Waals surface area contributed by atoms with Crippen molar-refractivity contribution in [2.75, 3.05) is 0 Å². The van der Waals surface area contributed by atoms with E-state index >= 15 is 0 Å². The SMILES string of the molecule is C=Cc1ccccc1C(=C)C1=CC=CCC1.CC. The molecule has 0 saturated carbocycles. The molecule has 0 N–H and O–H groups in total. The molecule has 1 aromatic rings. The molecule has 0 spiro atoms. The molecule has 1 aromatic carbocycles. The first-order valence-electron chi connectivity index (χ1n) is 6.59. The van der Waals surface area contributed by atoms with Gasteiger partial charge >= 0.3 is 0 Å². The highest BCUT2D eigenvalue weighted by atomic mass is 14.1. The summed E-state index contributed by atoms with van der Waals surface area (Å²) in [7, 11) is 0. The van der Waals surface area contributed by atoms with E-state index in [1.807, 2.05) is 32.1 Å². The van der Waals surface area contributed by atoms with Gasteiger partial charge in [-0.05, 0) is 35.1 Å². The Morgan fingerprint density at radius 2 is 1.94 bits per heavy atom. The third kappa shape index (κ3) is 3.33. The Morgan fingerprint density at radius 3 is 2.56 bits per heavy atom. The lowest BCUT2D eigenvalue weighted by molar-refractivity contribution is 0.996. The Labute approximate surface area is 111 Å². The minimum atomic E-state index is 1.08. The van der Waals surface area contributed by atoms with Crippen LogP contribution in [0.5, 0.6) is 0 Å². The molecule has 0 aliphatic heterocycles. The normalized spacial score (nSPS) is 13.1. The maximum absolute atomic E-state index is 4.21. The van der Waals surface area contributed by atoms with E-state index in [4.69, 9.17) is 0 Å². The van der Waals surface area contributed by atoms with Gasteiger partial charge in [0.25, 0.3) is 0 Å². The molecule has 18 heavy (non-hydrogen) atoms. The van der Waals surface area contributed by atoms with E-state index in [9.17, 15) is 0 Å². The van der Waals surface area contributed by atoms with Gasteiger partial charge in [-0.15, -0.1) is 0 Å². The van der Waals surface area contributed by atoms with Crippen LogP contribution >= 0.6 is 0 Å². The van der Waals surface area contributed by atoms with Crippen molar-refractivity contribution in [3.8, 4) is 0 Å². The molecule has 0 heteroatoms. The van der Waals surface area contributed by atoms with E-state index in [1.54, 1.807) is 0 Å². The molecular formula is C18H22. The van der Waals surface area contributed by atoms with Crippen molar-refractivity contribution in [1.29, 1.82) is 0 Å². The Hall–Kier alpha value is -1.82. The maximum atomic E-state index is 4.21. The summed E-state index contributed by atoms with van der Waals surface area (Å²) in [4.78, 5) is 0. The molecule has 94 valence electrons. The van der Waals surface area contributed by atoms with Gasteiger partial charge in [0.1, 0.15) is 0 Å². The molecule has 0 heterocycles. The van der Waals surface area contributed by atoms with Crippen molar-refractivity contribution in [2.24, 2.45) is 0 Å². The van der Waals surface area contributed by atoms with Gasteiger partial charge in [0.15, 0.2) is 0 Å². The second kappa shape index (κ2) is 7.50. The zero-order valence-corrected chi connectivity index (χ0v) is 11.4. The van der Waals surface area contributed by atoms with Crippen LogP contribution in [0, 0.1) is 0 Å². The third-order valence-corrected chi connectivity index (χ3v) is 2.91. The average molecular weight is 238 g/mol. The number of benzene rings is 1. The van der Waals surface area contributed by atoms with Crippen molar-refractivity contribution in [2.45, 2.75) is 26.7 Å². The van der Waals surface area contributed by atoms with Crippen LogP contribution in [0.15, 0.2) is 61.2 Å². The summed E-state index contributed by atoms with van der Waals surface area (Å²) < 4.78 is 0. The topological polar surface area (TPSA) is 0 Å². The highest BCUT2D eigenvalue weighted by Gasteiger charge is 2.08. The number of hydrogen-bond acceptors (Lipinski definition) is 0. The number of rotatable bonds is 3. The molecule has 0 bridgehead atoms. The van der Waals surface area contributed by atoms with Crippen molar-refractivity contribution >= 4 is 11.6 Å². The molecule has 1 aliphatic rings. The summed E-state index contributed by atoms with van der Waals surface area (Å²) in [6, 6.07) is 8.26. The first-order chi connectivity index (χ1) is 8.83. The lowest BCUT2D eigenvalue weighted by atomic mass is 9.90. The first kappa shape index (κ1) is 14.2. The van der Waals surface area contributed by atoms with Crippen LogP contribution in [-0.4, -0.2) is 0 Å². The summed E-state index contributed by atoms with van der Waals surface area (Å²) >= 11 is 0. The molecule has 0 aromatic heterocycles. The number of allylic oxidation sites excluding steroid dienone is 5. The minimum absolute atomic E-state index is 1.08. The van der Waals surface area contributed by atoms with Crippen LogP contribution in [0.1, 0.15) is 37.8 Å². The summed E-state index contributed by atoms with van der Waals surface area (Å²) in [5.41, 5.74) is 4.80. The van der Waals surface area contributed by atoms with Crippen LogP contribution in [0.3, 0.4) is 0 Å². The van der Waals surface area contributed by atoms with E-state index < -0.39 is 0 Å². The maximum Gasteiger partial charge on any atom is -0.0115 e. The second-order valence-corrected chi connectivity index (χ2v) is 3.93. The summed E-state index contributed by atoms with van der Waals surface area (Å²) in [5.74, 6) is 0. The Kier molecular flexibility index (Phi) is 5.93. The largest absolute Gasteiger partial charge is 0.0984 e. The third-order valence-electron chi connectivity index (χ3n) is 2.91. The predicted molar refractivity (Wildman–Crippen MR) is 83.4 cm³/mol. The molecule has 0 saturated heterocycles. The lowest BCUT2D eigenvalue weighted by Crippen LogP contribution is -1.93. The first-order valence-corrected chi connectivity index (χ1v) is 6.59. The molecule has 0 nitrogen and oxygen atoms in total. The fourth-order valence-electron chi connectivity index (χ4n) is 1.98. The van der Waals surface area contributed by atoms with Crippen molar-refractivity contribution in [3.63, 3.8) is 0 Å². The Balaban J connectivity index is 0.000000771. The predicted octanol–water partition coefficient (Wildman–Crippen LogP) is 5.65. The van der Waals surface area contributed by atoms with Gasteiger partial charge < -0.3 is 0 Å². The van der Waals surface area contributed by atoms with Gasteiger partial charge in [-0.2, -0.15) is 0 Å². The van der Waals surface area contributed by atoms with Crippen LogP contribution in [0.25, 0.3) is 11.6 Å². The van der Waals surface area contributed by atoms with Gasteiger partial charge in [0.05, 0.1) is 0 Å². The number of hydrogen-bond donors (Lipinski definition) is 0. The second-order valence-electron chi connectivity index (χ2n) is 3.93. The van der Waals surface area contributed by atoms with Crippen LogP contribution in [0.2, 0.25) is 0 Å². The zero-order chi connectivity index (χ0) is 13.4. The van der Waals surface area contributed by atoms with Crippen molar-refractivity contribution in [1.82, 2.24) is 0 Å². The molecule has 0 radical (unpaired) electrons. The smallest absolute Gasteiger partial charge is 0.0115 e. The van der Waals surface area contributed by atoms with Gasteiger partial charge in [-0.1, -0.05) is 75.6 Å². The van der Waals surface area contributed by atoms with E-state index in [0.717, 1.165) is 24.0 Å². The Bertz CT molecular complexity index is 473. The summed E-state index contributed by atoms with van der Waals surface area (Å²) in [5, 5.41) is 0. The highest BCUT2D eigenvalue weighted by Crippen LogP contribution is 2.29. The van der Waals surface area contributed by atoms with E-state index in [1.165, 1.54) is 11.1 Å². The molecule has 0 atom stereocenters. The van der Waals surface area contributed by atoms with Crippen molar-refractivity contribution in [3.05, 3.63) is 72.4 Å². The van der Waals surface area contributed by atoms with Crippen LogP contribution < -0.4 is 0 Å². The van der Waals surface area contributed by atoms with Gasteiger partial charge in [-0.25, -0.2) is 0 Å². The molecule has 0 unspecified atom stereocenters. The van der Waals surface area contributed by atoms with E-state index in [-0.39, 0.29) is 0 Å². The monoisotopic (exact) mass is 238 g/mol. The van der Waals surface area contributed by atoms with E-state index in [0.29, 0.717) is 0 Å². The molecule has 2 rings (SSSR count). The molecular weight excluding hydrogens is 216 g/mol. The molecule has 0 fully saturated rings. The Morgan fingerprint density at radius 1 is 1.22 bits per heavy atom. The fraction of sp³-hybridized carbons (Fsp3) is 0.222. The average Bonchev–Trinajstić information content (AvgIpc) is 2.49. The van der Waals surface area contributed by atoms with Gasteiger partial charge in [-0.3, -0.25) is 0 Å². The zero-order valence-electron chi connectivity index (χ0n) is 11.4. The van der Waals surface area contributed by atoms with Crippen LogP contribution in [-0.2, 0) is 0 Å². The highest BCUT2D eigenvalue weighted by molar-refractivity contribution is 5.82. The molecule has 1 aliphatic carbocycles. The summed E-state index contributed by atoms with van der Waals surface area (Å²) in [6.45, 7) is 12.1. The van der Waals surface area contributed by atoms with Gasteiger partial charge in [0.2, 0.25) is 0 Å². The quantitative estimate of drug-likeness (QED) is 0.638. The fourth-order valence-corrected chi connectivity index (χ4v) is 1.98. The van der Waals surface area contributed by atoms with E-state index in [2.05, 4.69) is 43.5 Å². The minimum Gasteiger partial charge on any atom is -0.0984 e.